The second-order valence-electron chi connectivity index (χ2n) is 8.44. The highest BCUT2D eigenvalue weighted by molar-refractivity contribution is 7.90. The van der Waals surface area contributed by atoms with Gasteiger partial charge in [-0.15, -0.1) is 0 Å². The number of aliphatic hydroxyl groups excluding tert-OH is 1. The summed E-state index contributed by atoms with van der Waals surface area (Å²) in [7, 11) is -4.00. The van der Waals surface area contributed by atoms with E-state index in [4.69, 9.17) is 9.47 Å². The van der Waals surface area contributed by atoms with E-state index in [0.717, 1.165) is 12.8 Å². The van der Waals surface area contributed by atoms with E-state index in [9.17, 15) is 18.3 Å². The lowest BCUT2D eigenvalue weighted by Crippen LogP contribution is -2.40. The zero-order valence-corrected chi connectivity index (χ0v) is 18.2. The zero-order valence-electron chi connectivity index (χ0n) is 17.4. The van der Waals surface area contributed by atoms with Gasteiger partial charge in [-0.2, -0.15) is 0 Å². The normalized spacial score (nSPS) is 14.5. The van der Waals surface area contributed by atoms with Gasteiger partial charge in [0.1, 0.15) is 6.61 Å². The summed E-state index contributed by atoms with van der Waals surface area (Å²) in [4.78, 5) is 11.9. The number of hydrogen-bond acceptors (Lipinski definition) is 6. The molecule has 28 heavy (non-hydrogen) atoms. The Balaban J connectivity index is 2.58. The summed E-state index contributed by atoms with van der Waals surface area (Å²) >= 11 is 0. The van der Waals surface area contributed by atoms with Gasteiger partial charge >= 0.3 is 6.09 Å². The average molecular weight is 416 g/mol. The Kier molecular flexibility index (Phi) is 8.91. The van der Waals surface area contributed by atoms with E-state index in [1.807, 2.05) is 18.6 Å². The molecule has 0 aromatic heterocycles. The van der Waals surface area contributed by atoms with Crippen molar-refractivity contribution in [1.82, 2.24) is 4.72 Å². The van der Waals surface area contributed by atoms with E-state index in [-0.39, 0.29) is 30.3 Å². The van der Waals surface area contributed by atoms with Gasteiger partial charge in [0.2, 0.25) is 0 Å². The molecule has 0 heterocycles. The van der Waals surface area contributed by atoms with E-state index in [1.165, 1.54) is 12.1 Å². The topological polar surface area (TPSA) is 102 Å². The number of ether oxygens (including phenoxy) is 2. The van der Waals surface area contributed by atoms with Crippen LogP contribution in [-0.4, -0.2) is 45.0 Å². The van der Waals surface area contributed by atoms with E-state index < -0.39 is 21.5 Å². The summed E-state index contributed by atoms with van der Waals surface area (Å²) in [6.07, 6.45) is 0.782. The quantitative estimate of drug-likeness (QED) is 0.575. The molecule has 0 saturated heterocycles. The van der Waals surface area contributed by atoms with Gasteiger partial charge in [-0.25, -0.2) is 17.9 Å². The van der Waals surface area contributed by atoms with Crippen molar-refractivity contribution in [3.63, 3.8) is 0 Å². The van der Waals surface area contributed by atoms with Gasteiger partial charge in [0.25, 0.3) is 10.0 Å². The lowest BCUT2D eigenvalue weighted by Gasteiger charge is -2.33. The van der Waals surface area contributed by atoms with Crippen LogP contribution >= 0.6 is 0 Å². The molecule has 0 aliphatic rings. The molecule has 1 aromatic rings. The summed E-state index contributed by atoms with van der Waals surface area (Å²) in [5.41, 5.74) is -1.22. The number of carbonyl (C=O) groups excluding carboxylic acids is 1. The maximum atomic E-state index is 12.1. The molecule has 0 saturated carbocycles. The molecule has 1 aromatic carbocycles. The predicted octanol–water partition coefficient (Wildman–Crippen LogP) is 3.33. The van der Waals surface area contributed by atoms with Gasteiger partial charge < -0.3 is 14.6 Å². The minimum atomic E-state index is -4.00. The first kappa shape index (κ1) is 24.4. The number of rotatable bonds is 11. The fraction of sp³-hybridized carbons (Fsp3) is 0.650. The van der Waals surface area contributed by atoms with Crippen LogP contribution in [0.3, 0.4) is 0 Å². The van der Waals surface area contributed by atoms with Crippen molar-refractivity contribution >= 4 is 16.1 Å². The zero-order chi connectivity index (χ0) is 21.4. The predicted molar refractivity (Wildman–Crippen MR) is 107 cm³/mol. The van der Waals surface area contributed by atoms with Crippen LogP contribution in [0.1, 0.15) is 47.5 Å². The summed E-state index contributed by atoms with van der Waals surface area (Å²) in [6, 6.07) is 7.54. The monoisotopic (exact) mass is 415 g/mol. The molecule has 160 valence electrons. The number of aliphatic hydroxyl groups is 1. The number of benzene rings is 1. The molecule has 0 fully saturated rings. The van der Waals surface area contributed by atoms with E-state index in [2.05, 4.69) is 13.8 Å². The van der Waals surface area contributed by atoms with Crippen molar-refractivity contribution in [2.45, 2.75) is 58.0 Å². The summed E-state index contributed by atoms with van der Waals surface area (Å²) in [5, 5.41) is 9.71. The lowest BCUT2D eigenvalue weighted by molar-refractivity contribution is -0.0913. The first-order chi connectivity index (χ1) is 12.9. The minimum absolute atomic E-state index is 0.0351. The summed E-state index contributed by atoms with van der Waals surface area (Å²) < 4.78 is 37.1. The molecule has 2 N–H and O–H groups in total. The van der Waals surface area contributed by atoms with Gasteiger partial charge in [0.15, 0.2) is 0 Å². The average Bonchev–Trinajstić information content (AvgIpc) is 2.64. The Morgan fingerprint density at radius 2 is 1.75 bits per heavy atom. The lowest BCUT2D eigenvalue weighted by atomic mass is 9.92. The maximum absolute atomic E-state index is 12.1. The molecule has 0 spiro atoms. The first-order valence-electron chi connectivity index (χ1n) is 9.39. The Hall–Kier alpha value is -1.64. The van der Waals surface area contributed by atoms with E-state index in [0.29, 0.717) is 5.92 Å². The Morgan fingerprint density at radius 3 is 2.29 bits per heavy atom. The van der Waals surface area contributed by atoms with Gasteiger partial charge in [-0.1, -0.05) is 39.0 Å². The van der Waals surface area contributed by atoms with E-state index in [1.54, 1.807) is 25.1 Å². The molecular formula is C20H33NO6S. The molecule has 1 rings (SSSR count). The smallest absolute Gasteiger partial charge is 0.421 e. The van der Waals surface area contributed by atoms with Crippen LogP contribution in [0.15, 0.2) is 35.2 Å². The second-order valence-corrected chi connectivity index (χ2v) is 10.1. The molecule has 1 atom stereocenters. The minimum Gasteiger partial charge on any atom is -0.448 e. The number of hydrogen-bond donors (Lipinski definition) is 2. The fourth-order valence-electron chi connectivity index (χ4n) is 2.25. The molecule has 0 radical (unpaired) electrons. The van der Waals surface area contributed by atoms with Gasteiger partial charge in [-0.05, 0) is 44.7 Å². The van der Waals surface area contributed by atoms with Crippen LogP contribution in [0.5, 0.6) is 0 Å². The fourth-order valence-corrected chi connectivity index (χ4v) is 3.16. The van der Waals surface area contributed by atoms with E-state index >= 15 is 0 Å². The molecule has 0 aliphatic heterocycles. The van der Waals surface area contributed by atoms with Gasteiger partial charge in [0.05, 0.1) is 23.7 Å². The number of sulfonamides is 1. The standard InChI is InChI=1S/C20H33NO6S/c1-16(2)11-12-19(3,4)27-15-20(5,13-22)14-26-18(23)21-28(24,25)17-9-7-6-8-10-17/h6-10,16,22H,11-15H2,1-5H3,(H,21,23). The molecule has 1 unspecified atom stereocenters. The Morgan fingerprint density at radius 1 is 1.14 bits per heavy atom. The Labute approximate surface area is 168 Å². The molecule has 0 aliphatic carbocycles. The SMILES string of the molecule is CC(C)CCC(C)(C)OCC(C)(CO)COC(=O)NS(=O)(=O)c1ccccc1. The van der Waals surface area contributed by atoms with Gasteiger partial charge in [0, 0.05) is 5.41 Å². The number of carbonyl (C=O) groups is 1. The second kappa shape index (κ2) is 10.2. The third-order valence-corrected chi connectivity index (χ3v) is 5.67. The molecule has 7 nitrogen and oxygen atoms in total. The van der Waals surface area contributed by atoms with Crippen molar-refractivity contribution in [3.8, 4) is 0 Å². The highest BCUT2D eigenvalue weighted by atomic mass is 32.2. The molecule has 8 heteroatoms. The summed E-state index contributed by atoms with van der Waals surface area (Å²) in [5.74, 6) is 0.561. The van der Waals surface area contributed by atoms with Crippen molar-refractivity contribution in [2.24, 2.45) is 11.3 Å². The van der Waals surface area contributed by atoms with Gasteiger partial charge in [-0.3, -0.25) is 0 Å². The maximum Gasteiger partial charge on any atom is 0.421 e. The highest BCUT2D eigenvalue weighted by Crippen LogP contribution is 2.25. The van der Waals surface area contributed by atoms with Crippen LogP contribution in [-0.2, 0) is 19.5 Å². The third kappa shape index (κ3) is 8.58. The first-order valence-corrected chi connectivity index (χ1v) is 10.9. The Bertz CT molecular complexity index is 717. The van der Waals surface area contributed by atoms with Crippen molar-refractivity contribution in [3.05, 3.63) is 30.3 Å². The molecule has 0 bridgehead atoms. The van der Waals surface area contributed by atoms with Crippen LogP contribution in [0.2, 0.25) is 0 Å². The molecular weight excluding hydrogens is 382 g/mol. The number of amides is 1. The van der Waals surface area contributed by atoms with Crippen molar-refractivity contribution in [2.75, 3.05) is 19.8 Å². The van der Waals surface area contributed by atoms with Crippen LogP contribution < -0.4 is 4.72 Å². The largest absolute Gasteiger partial charge is 0.448 e. The molecule has 1 amide bonds. The third-order valence-electron chi connectivity index (χ3n) is 4.34. The highest BCUT2D eigenvalue weighted by Gasteiger charge is 2.30. The van der Waals surface area contributed by atoms with Crippen LogP contribution in [0.4, 0.5) is 4.79 Å². The summed E-state index contributed by atoms with van der Waals surface area (Å²) in [6.45, 7) is 9.68. The van der Waals surface area contributed by atoms with Crippen LogP contribution in [0, 0.1) is 11.3 Å². The number of nitrogens with one attached hydrogen (secondary N) is 1. The van der Waals surface area contributed by atoms with Crippen molar-refractivity contribution in [1.29, 1.82) is 0 Å². The van der Waals surface area contributed by atoms with Crippen LogP contribution in [0.25, 0.3) is 0 Å². The van der Waals surface area contributed by atoms with Crippen molar-refractivity contribution < 1.29 is 27.8 Å².